The van der Waals surface area contributed by atoms with E-state index in [0.29, 0.717) is 41.4 Å². The van der Waals surface area contributed by atoms with E-state index in [1.165, 1.54) is 33.9 Å². The van der Waals surface area contributed by atoms with Crippen LogP contribution in [-0.2, 0) is 33.0 Å². The Labute approximate surface area is 369 Å². The number of aromatic nitrogens is 8. The smallest absolute Gasteiger partial charge is 0.247 e. The summed E-state index contributed by atoms with van der Waals surface area (Å²) in [6.45, 7) is 11.0. The van der Waals surface area contributed by atoms with E-state index in [1.54, 1.807) is 36.3 Å². The first-order valence-corrected chi connectivity index (χ1v) is 22.4. The number of fused-ring (bicyclic) bond motifs is 2. The summed E-state index contributed by atoms with van der Waals surface area (Å²) in [5, 5.41) is 22.1. The Bertz CT molecular complexity index is 2930. The number of benzene rings is 3. The van der Waals surface area contributed by atoms with Gasteiger partial charge in [0, 0.05) is 82.1 Å². The number of carbonyl (C=O) groups excluding carboxylic acids is 2. The van der Waals surface area contributed by atoms with Crippen molar-refractivity contribution in [3.05, 3.63) is 90.8 Å². The third-order valence-corrected chi connectivity index (χ3v) is 13.0. The van der Waals surface area contributed by atoms with E-state index >= 15 is 4.39 Å². The van der Waals surface area contributed by atoms with Crippen LogP contribution < -0.4 is 25.2 Å². The Morgan fingerprint density at radius 2 is 1.88 bits per heavy atom. The molecule has 0 saturated carbocycles. The first-order chi connectivity index (χ1) is 30.7. The Kier molecular flexibility index (Phi) is 12.3. The lowest BCUT2D eigenvalue weighted by molar-refractivity contribution is -0.120. The number of aromatic amines is 1. The molecule has 0 bridgehead atoms. The monoisotopic (exact) mass is 891 g/mol. The number of nitrogens with zero attached hydrogens (tertiary/aromatic N) is 10. The summed E-state index contributed by atoms with van der Waals surface area (Å²) < 4.78 is 52.9. The molecule has 1 fully saturated rings. The van der Waals surface area contributed by atoms with E-state index in [0.717, 1.165) is 47.9 Å². The zero-order chi connectivity index (χ0) is 45.3. The number of rotatable bonds is 16. The molecule has 0 spiro atoms. The highest BCUT2D eigenvalue weighted by Gasteiger charge is 2.31. The molecule has 64 heavy (non-hydrogen) atoms. The van der Waals surface area contributed by atoms with Gasteiger partial charge in [0.1, 0.15) is 17.8 Å². The number of sulfone groups is 1. The maximum Gasteiger partial charge on any atom is 0.247 e. The van der Waals surface area contributed by atoms with Crippen LogP contribution in [0.2, 0.25) is 0 Å². The van der Waals surface area contributed by atoms with E-state index in [2.05, 4.69) is 70.7 Å². The number of ether oxygens (including phenoxy) is 1. The predicted octanol–water partition coefficient (Wildman–Crippen LogP) is 5.35. The number of piperazine rings is 1. The van der Waals surface area contributed by atoms with Crippen LogP contribution in [0.1, 0.15) is 39.7 Å². The molecule has 5 heterocycles. The van der Waals surface area contributed by atoms with Gasteiger partial charge in [-0.05, 0) is 73.9 Å². The Morgan fingerprint density at radius 1 is 1.06 bits per heavy atom. The average Bonchev–Trinajstić information content (AvgIpc) is 4.04. The van der Waals surface area contributed by atoms with Gasteiger partial charge in [-0.1, -0.05) is 26.0 Å². The molecule has 0 radical (unpaired) electrons. The number of H-pyrrole nitrogens is 1. The predicted molar refractivity (Wildman–Crippen MR) is 240 cm³/mol. The quantitative estimate of drug-likeness (QED) is 0.105. The first-order valence-electron chi connectivity index (χ1n) is 20.9. The minimum absolute atomic E-state index is 0.0131. The third-order valence-electron chi connectivity index (χ3n) is 11.3. The molecule has 7 aromatic rings. The highest BCUT2D eigenvalue weighted by atomic mass is 32.2. The average molecular weight is 892 g/mol. The fourth-order valence-corrected chi connectivity index (χ4v) is 9.33. The molecule has 1 unspecified atom stereocenters. The van der Waals surface area contributed by atoms with Crippen LogP contribution in [0.15, 0.2) is 89.2 Å². The van der Waals surface area contributed by atoms with Gasteiger partial charge in [-0.15, -0.1) is 5.10 Å². The van der Waals surface area contributed by atoms with Gasteiger partial charge in [-0.25, -0.2) is 17.8 Å². The summed E-state index contributed by atoms with van der Waals surface area (Å²) in [6.07, 6.45) is 5.42. The summed E-state index contributed by atoms with van der Waals surface area (Å²) in [6, 6.07) is 16.8. The highest BCUT2D eigenvalue weighted by molar-refractivity contribution is 7.91. The van der Waals surface area contributed by atoms with Crippen LogP contribution in [0, 0.1) is 11.7 Å². The maximum absolute atomic E-state index is 15.7. The summed E-state index contributed by atoms with van der Waals surface area (Å²) in [5.74, 6) is 0.262. The fourth-order valence-electron chi connectivity index (χ4n) is 7.99. The second-order valence-corrected chi connectivity index (χ2v) is 18.3. The van der Waals surface area contributed by atoms with Crippen molar-refractivity contribution in [1.29, 1.82) is 0 Å². The van der Waals surface area contributed by atoms with Crippen molar-refractivity contribution in [2.75, 3.05) is 48.3 Å². The van der Waals surface area contributed by atoms with Crippen LogP contribution in [-0.4, -0.2) is 111 Å². The number of hydrogen-bond acceptors (Lipinski definition) is 13. The largest absolute Gasteiger partial charge is 0.485 e. The van der Waals surface area contributed by atoms with Crippen molar-refractivity contribution >= 4 is 61.8 Å². The topological polar surface area (TPSA) is 201 Å². The summed E-state index contributed by atoms with van der Waals surface area (Å²) in [7, 11) is -0.692. The standard InChI is InChI=1S/C44H50FN13O5S/c1-27(2)38-24-55(16-17-57(38)31-10-12-34-37(19-31)54(6)52-42(34)56(26-59)15-14-39(60)46-5)23-29-8-7-9-32(18-29)64(61,62)33-11-13-36(35(45)20-33)50-44-51-43-41(63-28(3)4)40(30-21-48-49-22-30)47-25-58(43)53-44/h7-13,18-22,25-28,38H,14-17,23-24H2,1-6H3,(H,46,60)(H,48,49)(H,50,53). The molecule has 1 saturated heterocycles. The number of carbonyl (C=O) groups is 2. The van der Waals surface area contributed by atoms with Gasteiger partial charge >= 0.3 is 0 Å². The van der Waals surface area contributed by atoms with Gasteiger partial charge in [0.05, 0.1) is 33.3 Å². The van der Waals surface area contributed by atoms with Crippen molar-refractivity contribution in [2.24, 2.45) is 13.0 Å². The van der Waals surface area contributed by atoms with E-state index < -0.39 is 15.7 Å². The van der Waals surface area contributed by atoms with E-state index in [4.69, 9.17) is 4.74 Å². The number of hydrogen-bond donors (Lipinski definition) is 3. The summed E-state index contributed by atoms with van der Waals surface area (Å²) in [4.78, 5) is 39.0. The minimum atomic E-state index is -4.09. The Hall–Kier alpha value is -6.93. The molecular formula is C44H50FN13O5S. The van der Waals surface area contributed by atoms with E-state index in [9.17, 15) is 18.0 Å². The lowest BCUT2D eigenvalue weighted by atomic mass is 9.98. The second-order valence-electron chi connectivity index (χ2n) is 16.3. The first kappa shape index (κ1) is 43.7. The minimum Gasteiger partial charge on any atom is -0.485 e. The van der Waals surface area contributed by atoms with E-state index in [1.807, 2.05) is 39.1 Å². The summed E-state index contributed by atoms with van der Waals surface area (Å²) in [5.41, 5.74) is 4.25. The molecule has 0 aliphatic carbocycles. The number of anilines is 4. The van der Waals surface area contributed by atoms with Gasteiger partial charge < -0.3 is 20.3 Å². The van der Waals surface area contributed by atoms with Crippen molar-refractivity contribution in [3.8, 4) is 17.0 Å². The van der Waals surface area contributed by atoms with Gasteiger partial charge in [0.2, 0.25) is 33.8 Å². The van der Waals surface area contributed by atoms with Crippen LogP contribution in [0.5, 0.6) is 5.75 Å². The van der Waals surface area contributed by atoms with Crippen LogP contribution in [0.3, 0.4) is 0 Å². The maximum atomic E-state index is 15.7. The molecule has 8 rings (SSSR count). The second kappa shape index (κ2) is 18.0. The number of halogens is 1. The zero-order valence-electron chi connectivity index (χ0n) is 36.4. The van der Waals surface area contributed by atoms with Gasteiger partial charge in [0.15, 0.2) is 11.6 Å². The van der Waals surface area contributed by atoms with Gasteiger partial charge in [0.25, 0.3) is 0 Å². The number of amides is 2. The molecule has 4 aromatic heterocycles. The van der Waals surface area contributed by atoms with Gasteiger partial charge in [-0.2, -0.15) is 19.7 Å². The molecular weight excluding hydrogens is 842 g/mol. The van der Waals surface area contributed by atoms with Crippen molar-refractivity contribution in [1.82, 2.24) is 49.8 Å². The summed E-state index contributed by atoms with van der Waals surface area (Å²) >= 11 is 0. The van der Waals surface area contributed by atoms with Crippen LogP contribution >= 0.6 is 0 Å². The van der Waals surface area contributed by atoms with Crippen molar-refractivity contribution in [3.63, 3.8) is 0 Å². The molecule has 18 nitrogen and oxygen atoms in total. The zero-order valence-corrected chi connectivity index (χ0v) is 37.2. The van der Waals surface area contributed by atoms with E-state index in [-0.39, 0.29) is 58.4 Å². The SMILES string of the molecule is CNC(=O)CCN(C=O)c1nn(C)c2cc(N3CCN(Cc4cccc(S(=O)(=O)c5ccc(Nc6nc7c(OC(C)C)c(-c8cn[nH]c8)ncn7n6)c(F)c5)c4)CC3C(C)C)ccc12. The number of aryl methyl sites for hydroxylation is 1. The molecule has 20 heteroatoms. The van der Waals surface area contributed by atoms with Gasteiger partial charge in [-0.3, -0.25) is 29.2 Å². The van der Waals surface area contributed by atoms with Crippen LogP contribution in [0.4, 0.5) is 27.5 Å². The molecule has 334 valence electrons. The molecule has 3 N–H and O–H groups in total. The molecule has 1 atom stereocenters. The van der Waals surface area contributed by atoms with Crippen LogP contribution in [0.25, 0.3) is 27.8 Å². The Balaban J connectivity index is 0.956. The molecule has 1 aliphatic heterocycles. The molecule has 3 aromatic carbocycles. The molecule has 1 aliphatic rings. The van der Waals surface area contributed by atoms with Crippen molar-refractivity contribution in [2.45, 2.75) is 62.6 Å². The number of nitrogens with one attached hydrogen (secondary N) is 3. The lowest BCUT2D eigenvalue weighted by Crippen LogP contribution is -2.55. The lowest BCUT2D eigenvalue weighted by Gasteiger charge is -2.45. The van der Waals surface area contributed by atoms with Crippen molar-refractivity contribution < 1.29 is 27.1 Å². The fraction of sp³-hybridized carbons (Fsp3) is 0.341. The molecule has 2 amide bonds. The highest BCUT2D eigenvalue weighted by Crippen LogP contribution is 2.35. The normalized spacial score (nSPS) is 14.8. The third kappa shape index (κ3) is 8.82. The Morgan fingerprint density at radius 3 is 2.59 bits per heavy atom.